The highest BCUT2D eigenvalue weighted by atomic mass is 32.2. The lowest BCUT2D eigenvalue weighted by Gasteiger charge is -2.23. The van der Waals surface area contributed by atoms with E-state index in [0.717, 1.165) is 5.56 Å². The molecule has 0 atom stereocenters. The van der Waals surface area contributed by atoms with Crippen molar-refractivity contribution in [1.82, 2.24) is 0 Å². The fourth-order valence-electron chi connectivity index (χ4n) is 1.69. The van der Waals surface area contributed by atoms with Gasteiger partial charge in [-0.3, -0.25) is 4.31 Å². The molecule has 0 aliphatic heterocycles. The fourth-order valence-corrected chi connectivity index (χ4v) is 3.26. The van der Waals surface area contributed by atoms with Crippen LogP contribution in [0.25, 0.3) is 0 Å². The summed E-state index contributed by atoms with van der Waals surface area (Å²) in [4.78, 5) is 0. The van der Waals surface area contributed by atoms with E-state index in [9.17, 15) is 8.42 Å². The monoisotopic (exact) mass is 256 g/mol. The lowest BCUT2D eigenvalue weighted by molar-refractivity contribution is 0.590. The van der Waals surface area contributed by atoms with Gasteiger partial charge in [0.15, 0.2) is 0 Å². The predicted octanol–water partition coefficient (Wildman–Crippen LogP) is 2.14. The number of nitrogens with zero attached hydrogens (tertiary/aromatic N) is 1. The Kier molecular flexibility index (Phi) is 4.40. The van der Waals surface area contributed by atoms with Gasteiger partial charge < -0.3 is 5.73 Å². The number of benzene rings is 1. The van der Waals surface area contributed by atoms with Crippen LogP contribution in [0.15, 0.2) is 18.2 Å². The largest absolute Gasteiger partial charge is 0.398 e. The van der Waals surface area contributed by atoms with Gasteiger partial charge in [-0.1, -0.05) is 13.0 Å². The minimum absolute atomic E-state index is 0.161. The Balaban J connectivity index is 3.14. The third-order valence-corrected chi connectivity index (χ3v) is 4.70. The zero-order chi connectivity index (χ0) is 13.1. The molecule has 0 radical (unpaired) electrons. The van der Waals surface area contributed by atoms with Crippen LogP contribution in [0.3, 0.4) is 0 Å². The van der Waals surface area contributed by atoms with E-state index in [4.69, 9.17) is 5.73 Å². The molecule has 96 valence electrons. The maximum absolute atomic E-state index is 12.0. The van der Waals surface area contributed by atoms with E-state index in [1.165, 1.54) is 4.31 Å². The van der Waals surface area contributed by atoms with E-state index in [1.54, 1.807) is 12.1 Å². The third-order valence-electron chi connectivity index (χ3n) is 2.64. The molecule has 0 unspecified atom stereocenters. The Morgan fingerprint density at radius 2 is 1.94 bits per heavy atom. The van der Waals surface area contributed by atoms with Crippen molar-refractivity contribution in [3.63, 3.8) is 0 Å². The molecular weight excluding hydrogens is 236 g/mol. The number of nitrogens with two attached hydrogens (primary N) is 1. The standard InChI is InChI=1S/C12H20N2O2S/c1-4-8-17(15,16)14(5-2)11-7-6-10(3)12(13)9-11/h6-7,9H,4-5,8,13H2,1-3H3. The van der Waals surface area contributed by atoms with Crippen LogP contribution >= 0.6 is 0 Å². The molecular formula is C12H20N2O2S. The minimum atomic E-state index is -3.23. The summed E-state index contributed by atoms with van der Waals surface area (Å²) >= 11 is 0. The maximum atomic E-state index is 12.0. The molecule has 0 saturated heterocycles. The molecule has 1 aromatic carbocycles. The Hall–Kier alpha value is -1.23. The molecule has 0 aliphatic rings. The van der Waals surface area contributed by atoms with E-state index in [1.807, 2.05) is 26.8 Å². The minimum Gasteiger partial charge on any atom is -0.398 e. The lowest BCUT2D eigenvalue weighted by atomic mass is 10.2. The maximum Gasteiger partial charge on any atom is 0.235 e. The van der Waals surface area contributed by atoms with Crippen molar-refractivity contribution in [2.45, 2.75) is 27.2 Å². The molecule has 0 bridgehead atoms. The quantitative estimate of drug-likeness (QED) is 0.821. The van der Waals surface area contributed by atoms with Crippen LogP contribution in [-0.4, -0.2) is 20.7 Å². The Labute approximate surface area is 103 Å². The summed E-state index contributed by atoms with van der Waals surface area (Å²) in [5.74, 6) is 0.161. The Bertz CT molecular complexity index is 483. The van der Waals surface area contributed by atoms with Crippen LogP contribution in [-0.2, 0) is 10.0 Å². The first-order chi connectivity index (χ1) is 7.92. The van der Waals surface area contributed by atoms with Gasteiger partial charge in [0, 0.05) is 12.2 Å². The Morgan fingerprint density at radius 1 is 1.29 bits per heavy atom. The van der Waals surface area contributed by atoms with E-state index >= 15 is 0 Å². The molecule has 5 heteroatoms. The second-order valence-corrected chi connectivity index (χ2v) is 6.03. The van der Waals surface area contributed by atoms with Crippen molar-refractivity contribution in [3.05, 3.63) is 23.8 Å². The van der Waals surface area contributed by atoms with Gasteiger partial charge >= 0.3 is 0 Å². The first-order valence-corrected chi connectivity index (χ1v) is 7.39. The van der Waals surface area contributed by atoms with Crippen molar-refractivity contribution in [3.8, 4) is 0 Å². The molecule has 0 aromatic heterocycles. The van der Waals surface area contributed by atoms with Crippen LogP contribution < -0.4 is 10.0 Å². The van der Waals surface area contributed by atoms with Gasteiger partial charge in [0.1, 0.15) is 0 Å². The molecule has 2 N–H and O–H groups in total. The number of aryl methyl sites for hydroxylation is 1. The summed E-state index contributed by atoms with van der Waals surface area (Å²) < 4.78 is 25.5. The van der Waals surface area contributed by atoms with Gasteiger partial charge in [-0.05, 0) is 38.0 Å². The highest BCUT2D eigenvalue weighted by Crippen LogP contribution is 2.23. The van der Waals surface area contributed by atoms with Gasteiger partial charge in [-0.25, -0.2) is 8.42 Å². The zero-order valence-corrected chi connectivity index (χ0v) is 11.4. The zero-order valence-electron chi connectivity index (χ0n) is 10.6. The summed E-state index contributed by atoms with van der Waals surface area (Å²) in [5, 5.41) is 0. The van der Waals surface area contributed by atoms with Crippen molar-refractivity contribution in [1.29, 1.82) is 0 Å². The average molecular weight is 256 g/mol. The highest BCUT2D eigenvalue weighted by Gasteiger charge is 2.20. The smallest absolute Gasteiger partial charge is 0.235 e. The molecule has 0 heterocycles. The molecule has 1 aromatic rings. The first-order valence-electron chi connectivity index (χ1n) is 5.79. The van der Waals surface area contributed by atoms with Crippen LogP contribution in [0.1, 0.15) is 25.8 Å². The summed E-state index contributed by atoms with van der Waals surface area (Å²) in [6.45, 7) is 6.00. The summed E-state index contributed by atoms with van der Waals surface area (Å²) in [5.41, 5.74) is 8.03. The third kappa shape index (κ3) is 3.12. The summed E-state index contributed by atoms with van der Waals surface area (Å²) in [7, 11) is -3.23. The number of anilines is 2. The fraction of sp³-hybridized carbons (Fsp3) is 0.500. The van der Waals surface area contributed by atoms with Gasteiger partial charge in [0.2, 0.25) is 10.0 Å². The topological polar surface area (TPSA) is 63.4 Å². The van der Waals surface area contributed by atoms with Gasteiger partial charge in [0.25, 0.3) is 0 Å². The second-order valence-electron chi connectivity index (χ2n) is 4.02. The predicted molar refractivity (Wildman–Crippen MR) is 72.7 cm³/mol. The SMILES string of the molecule is CCCS(=O)(=O)N(CC)c1ccc(C)c(N)c1. The van der Waals surface area contributed by atoms with Crippen molar-refractivity contribution in [2.75, 3.05) is 22.3 Å². The van der Waals surface area contributed by atoms with Crippen LogP contribution in [0.5, 0.6) is 0 Å². The normalized spacial score (nSPS) is 11.5. The number of hydrogen-bond donors (Lipinski definition) is 1. The molecule has 4 nitrogen and oxygen atoms in total. The van der Waals surface area contributed by atoms with E-state index < -0.39 is 10.0 Å². The van der Waals surface area contributed by atoms with Crippen LogP contribution in [0.4, 0.5) is 11.4 Å². The van der Waals surface area contributed by atoms with Gasteiger partial charge in [-0.15, -0.1) is 0 Å². The van der Waals surface area contributed by atoms with Crippen molar-refractivity contribution < 1.29 is 8.42 Å². The molecule has 0 spiro atoms. The van der Waals surface area contributed by atoms with Crippen molar-refractivity contribution >= 4 is 21.4 Å². The summed E-state index contributed by atoms with van der Waals surface area (Å²) in [6, 6.07) is 5.35. The van der Waals surface area contributed by atoms with Gasteiger partial charge in [0.05, 0.1) is 11.4 Å². The molecule has 0 saturated carbocycles. The molecule has 17 heavy (non-hydrogen) atoms. The highest BCUT2D eigenvalue weighted by molar-refractivity contribution is 7.92. The Morgan fingerprint density at radius 3 is 2.41 bits per heavy atom. The average Bonchev–Trinajstić information content (AvgIpc) is 2.23. The number of hydrogen-bond acceptors (Lipinski definition) is 3. The number of rotatable bonds is 5. The van der Waals surface area contributed by atoms with Gasteiger partial charge in [-0.2, -0.15) is 0 Å². The van der Waals surface area contributed by atoms with E-state index in [0.29, 0.717) is 24.3 Å². The first kappa shape index (κ1) is 13.8. The number of sulfonamides is 1. The molecule has 0 aliphatic carbocycles. The molecule has 0 amide bonds. The van der Waals surface area contributed by atoms with Crippen LogP contribution in [0, 0.1) is 6.92 Å². The van der Waals surface area contributed by atoms with E-state index in [2.05, 4.69) is 0 Å². The second kappa shape index (κ2) is 5.40. The molecule has 1 rings (SSSR count). The summed E-state index contributed by atoms with van der Waals surface area (Å²) in [6.07, 6.45) is 0.611. The lowest BCUT2D eigenvalue weighted by Crippen LogP contribution is -2.32. The van der Waals surface area contributed by atoms with Crippen LogP contribution in [0.2, 0.25) is 0 Å². The molecule has 0 fully saturated rings. The number of nitrogen functional groups attached to an aromatic ring is 1. The van der Waals surface area contributed by atoms with E-state index in [-0.39, 0.29) is 5.75 Å². The van der Waals surface area contributed by atoms with Crippen molar-refractivity contribution in [2.24, 2.45) is 0 Å².